The minimum absolute atomic E-state index is 0.131. The second kappa shape index (κ2) is 10.2. The summed E-state index contributed by atoms with van der Waals surface area (Å²) in [6.45, 7) is 8.44. The average Bonchev–Trinajstić information content (AvgIpc) is 2.60. The third kappa shape index (κ3) is 7.10. The van der Waals surface area contributed by atoms with Crippen LogP contribution in [0.2, 0.25) is 0 Å². The Morgan fingerprint density at radius 1 is 1.00 bits per heavy atom. The number of ether oxygens (including phenoxy) is 2. The lowest BCUT2D eigenvalue weighted by molar-refractivity contribution is 0.242. The van der Waals surface area contributed by atoms with Crippen molar-refractivity contribution in [2.24, 2.45) is 5.92 Å². The van der Waals surface area contributed by atoms with E-state index in [-0.39, 0.29) is 12.1 Å². The zero-order chi connectivity index (χ0) is 19.8. The molecule has 1 atom stereocenters. The fourth-order valence-corrected chi connectivity index (χ4v) is 3.09. The topological polar surface area (TPSA) is 42.5 Å². The molecule has 0 saturated carbocycles. The van der Waals surface area contributed by atoms with E-state index in [1.165, 1.54) is 5.56 Å². The minimum Gasteiger partial charge on any atom is -0.497 e. The Balaban J connectivity index is 2.06. The van der Waals surface area contributed by atoms with Gasteiger partial charge in [-0.05, 0) is 68.2 Å². The molecule has 0 aliphatic heterocycles. The highest BCUT2D eigenvalue weighted by atomic mass is 32.1. The van der Waals surface area contributed by atoms with Gasteiger partial charge in [-0.3, -0.25) is 0 Å². The van der Waals surface area contributed by atoms with Gasteiger partial charge in [0.15, 0.2) is 5.11 Å². The highest BCUT2D eigenvalue weighted by Crippen LogP contribution is 2.24. The monoisotopic (exact) mass is 386 g/mol. The smallest absolute Gasteiger partial charge is 0.171 e. The summed E-state index contributed by atoms with van der Waals surface area (Å²) in [5, 5.41) is 7.31. The van der Waals surface area contributed by atoms with Crippen molar-refractivity contribution in [3.63, 3.8) is 0 Å². The minimum atomic E-state index is 0.131. The van der Waals surface area contributed by atoms with E-state index in [4.69, 9.17) is 21.7 Å². The summed E-state index contributed by atoms with van der Waals surface area (Å²) in [6.07, 6.45) is 1.11. The Labute approximate surface area is 168 Å². The van der Waals surface area contributed by atoms with E-state index in [0.717, 1.165) is 23.6 Å². The number of hydrogen-bond acceptors (Lipinski definition) is 3. The first-order valence-electron chi connectivity index (χ1n) is 9.35. The van der Waals surface area contributed by atoms with Gasteiger partial charge in [-0.15, -0.1) is 0 Å². The van der Waals surface area contributed by atoms with Crippen molar-refractivity contribution in [3.05, 3.63) is 54.1 Å². The molecule has 4 nitrogen and oxygen atoms in total. The van der Waals surface area contributed by atoms with Gasteiger partial charge in [0.05, 0.1) is 19.3 Å². The molecule has 0 unspecified atom stereocenters. The van der Waals surface area contributed by atoms with E-state index in [1.807, 2.05) is 50.2 Å². The van der Waals surface area contributed by atoms with E-state index in [2.05, 4.69) is 36.6 Å². The molecule has 0 amide bonds. The fraction of sp³-hybridized carbons (Fsp3) is 0.409. The molecule has 2 N–H and O–H groups in total. The molecule has 0 heterocycles. The first-order chi connectivity index (χ1) is 12.9. The van der Waals surface area contributed by atoms with Gasteiger partial charge in [-0.1, -0.05) is 32.0 Å². The number of benzene rings is 2. The molecule has 0 bridgehead atoms. The second-order valence-corrected chi connectivity index (χ2v) is 7.66. The Morgan fingerprint density at radius 3 is 2.30 bits per heavy atom. The van der Waals surface area contributed by atoms with Crippen LogP contribution in [0.25, 0.3) is 0 Å². The van der Waals surface area contributed by atoms with Crippen LogP contribution in [0.5, 0.6) is 11.5 Å². The summed E-state index contributed by atoms with van der Waals surface area (Å²) in [7, 11) is 1.68. The van der Waals surface area contributed by atoms with Gasteiger partial charge >= 0.3 is 0 Å². The van der Waals surface area contributed by atoms with Crippen LogP contribution in [0.3, 0.4) is 0 Å². The Bertz CT molecular complexity index is 729. The van der Waals surface area contributed by atoms with Crippen LogP contribution in [-0.2, 0) is 0 Å². The molecule has 2 aromatic carbocycles. The molecule has 27 heavy (non-hydrogen) atoms. The molecular weight excluding hydrogens is 356 g/mol. The molecule has 2 aromatic rings. The predicted molar refractivity (Wildman–Crippen MR) is 117 cm³/mol. The van der Waals surface area contributed by atoms with Gasteiger partial charge in [-0.2, -0.15) is 0 Å². The van der Waals surface area contributed by atoms with Crippen molar-refractivity contribution in [2.75, 3.05) is 12.4 Å². The van der Waals surface area contributed by atoms with Crippen LogP contribution in [0.4, 0.5) is 5.69 Å². The zero-order valence-corrected chi connectivity index (χ0v) is 17.6. The summed E-state index contributed by atoms with van der Waals surface area (Å²) >= 11 is 5.56. The lowest BCUT2D eigenvalue weighted by Crippen LogP contribution is -2.33. The third-order valence-corrected chi connectivity index (χ3v) is 4.21. The quantitative estimate of drug-likeness (QED) is 0.582. The molecular formula is C22H30N2O2S. The van der Waals surface area contributed by atoms with E-state index in [9.17, 15) is 0 Å². The lowest BCUT2D eigenvalue weighted by atomic mass is 9.97. The van der Waals surface area contributed by atoms with Crippen molar-refractivity contribution >= 4 is 23.0 Å². The van der Waals surface area contributed by atoms with Crippen LogP contribution in [0, 0.1) is 5.92 Å². The Kier molecular flexibility index (Phi) is 7.92. The largest absolute Gasteiger partial charge is 0.497 e. The summed E-state index contributed by atoms with van der Waals surface area (Å²) in [5.41, 5.74) is 2.09. The van der Waals surface area contributed by atoms with Gasteiger partial charge in [0.1, 0.15) is 11.5 Å². The number of thiocarbonyl (C=S) groups is 1. The summed E-state index contributed by atoms with van der Waals surface area (Å²) in [5.74, 6) is 2.21. The maximum Gasteiger partial charge on any atom is 0.171 e. The van der Waals surface area contributed by atoms with Crippen LogP contribution in [-0.4, -0.2) is 18.3 Å². The number of nitrogens with one attached hydrogen (secondary N) is 2. The van der Waals surface area contributed by atoms with E-state index >= 15 is 0 Å². The molecule has 5 heteroatoms. The normalized spacial score (nSPS) is 12.0. The van der Waals surface area contributed by atoms with E-state index in [0.29, 0.717) is 11.0 Å². The molecule has 0 aliphatic carbocycles. The van der Waals surface area contributed by atoms with Crippen molar-refractivity contribution in [2.45, 2.75) is 46.3 Å². The lowest BCUT2D eigenvalue weighted by Gasteiger charge is -2.23. The average molecular weight is 387 g/mol. The maximum absolute atomic E-state index is 5.75. The fourth-order valence-electron chi connectivity index (χ4n) is 2.83. The molecule has 2 rings (SSSR count). The van der Waals surface area contributed by atoms with Crippen LogP contribution in [0.15, 0.2) is 48.5 Å². The molecule has 0 aliphatic rings. The van der Waals surface area contributed by atoms with Crippen molar-refractivity contribution in [1.29, 1.82) is 0 Å². The highest BCUT2D eigenvalue weighted by Gasteiger charge is 2.15. The number of methoxy groups -OCH3 is 1. The van der Waals surface area contributed by atoms with Crippen molar-refractivity contribution in [3.8, 4) is 11.5 Å². The van der Waals surface area contributed by atoms with Gasteiger partial charge in [0.25, 0.3) is 0 Å². The molecule has 0 saturated heterocycles. The predicted octanol–water partition coefficient (Wildman–Crippen LogP) is 5.56. The standard InChI is InChI=1S/C22H30N2O2S/c1-15(2)13-21(17-9-11-19(25-5)12-10-17)24-22(27)23-18-7-6-8-20(14-18)26-16(3)4/h6-12,14-16,21H,13H2,1-5H3,(H2,23,24,27)/t21-/m0/s1. The first-order valence-corrected chi connectivity index (χ1v) is 9.76. The van der Waals surface area contributed by atoms with E-state index < -0.39 is 0 Å². The third-order valence-electron chi connectivity index (χ3n) is 3.99. The number of hydrogen-bond donors (Lipinski definition) is 2. The van der Waals surface area contributed by atoms with Crippen LogP contribution < -0.4 is 20.1 Å². The Morgan fingerprint density at radius 2 is 1.70 bits per heavy atom. The second-order valence-electron chi connectivity index (χ2n) is 7.25. The maximum atomic E-state index is 5.75. The molecule has 146 valence electrons. The summed E-state index contributed by atoms with van der Waals surface area (Å²) in [4.78, 5) is 0. The molecule has 0 aromatic heterocycles. The first kappa shape index (κ1) is 21.0. The van der Waals surface area contributed by atoms with Crippen LogP contribution in [0.1, 0.15) is 45.7 Å². The van der Waals surface area contributed by atoms with Gasteiger partial charge in [0.2, 0.25) is 0 Å². The molecule has 0 spiro atoms. The highest BCUT2D eigenvalue weighted by molar-refractivity contribution is 7.80. The van der Waals surface area contributed by atoms with E-state index in [1.54, 1.807) is 7.11 Å². The van der Waals surface area contributed by atoms with Crippen LogP contribution >= 0.6 is 12.2 Å². The SMILES string of the molecule is COc1ccc([C@H](CC(C)C)NC(=S)Nc2cccc(OC(C)C)c2)cc1. The zero-order valence-electron chi connectivity index (χ0n) is 16.8. The van der Waals surface area contributed by atoms with Gasteiger partial charge < -0.3 is 20.1 Å². The number of rotatable bonds is 8. The Hall–Kier alpha value is -2.27. The van der Waals surface area contributed by atoms with Gasteiger partial charge in [0, 0.05) is 11.8 Å². The summed E-state index contributed by atoms with van der Waals surface area (Å²) in [6, 6.07) is 16.1. The summed E-state index contributed by atoms with van der Waals surface area (Å²) < 4.78 is 11.0. The van der Waals surface area contributed by atoms with Crippen molar-refractivity contribution < 1.29 is 9.47 Å². The van der Waals surface area contributed by atoms with Gasteiger partial charge in [-0.25, -0.2) is 0 Å². The molecule has 0 radical (unpaired) electrons. The number of anilines is 1. The van der Waals surface area contributed by atoms with Crippen molar-refractivity contribution in [1.82, 2.24) is 5.32 Å². The molecule has 0 fully saturated rings.